The minimum atomic E-state index is -4.18. The fraction of sp³-hybridized carbons (Fsp3) is 0.143. The molecule has 0 aromatic carbocycles. The van der Waals surface area contributed by atoms with Crippen LogP contribution < -0.4 is 9.46 Å². The van der Waals surface area contributed by atoms with Crippen molar-refractivity contribution in [1.82, 2.24) is 25.4 Å². The summed E-state index contributed by atoms with van der Waals surface area (Å²) in [4.78, 5) is 14.5. The lowest BCUT2D eigenvalue weighted by Crippen LogP contribution is -2.17. The highest BCUT2D eigenvalue weighted by atomic mass is 32.2. The van der Waals surface area contributed by atoms with Gasteiger partial charge in [-0.25, -0.2) is 14.6 Å². The van der Waals surface area contributed by atoms with Gasteiger partial charge in [0.25, 0.3) is 10.0 Å². The first-order valence-electron chi connectivity index (χ1n) is 4.70. The first kappa shape index (κ1) is 12.8. The number of aromatic nitrogens is 5. The van der Waals surface area contributed by atoms with Crippen LogP contribution in [0.1, 0.15) is 10.4 Å². The standard InChI is InChI=1S/C7H8N6O5S/c1-18-7-9-6(11-12-7)13-19(16,17)4-3(5(14)15)2-8-10-4/h2H,1H3,(H,8,10)(H,14,15)(H2,9,11,12,13). The molecule has 12 heteroatoms. The Balaban J connectivity index is 2.32. The van der Waals surface area contributed by atoms with E-state index in [0.29, 0.717) is 0 Å². The fourth-order valence-electron chi connectivity index (χ4n) is 1.19. The number of methoxy groups -OCH3 is 1. The normalized spacial score (nSPS) is 11.2. The third-order valence-electron chi connectivity index (χ3n) is 1.98. The number of aromatic carboxylic acids is 1. The molecule has 0 fully saturated rings. The van der Waals surface area contributed by atoms with E-state index in [0.717, 1.165) is 6.20 Å². The molecule has 2 rings (SSSR count). The number of H-pyrrole nitrogens is 2. The topological polar surface area (TPSA) is 163 Å². The number of ether oxygens (including phenoxy) is 1. The van der Waals surface area contributed by atoms with Crippen LogP contribution >= 0.6 is 0 Å². The number of nitrogens with one attached hydrogen (secondary N) is 3. The van der Waals surface area contributed by atoms with Crippen LogP contribution in [0.4, 0.5) is 5.95 Å². The molecule has 102 valence electrons. The number of hydrogen-bond donors (Lipinski definition) is 4. The van der Waals surface area contributed by atoms with Crippen LogP contribution in [-0.4, -0.2) is 52.0 Å². The van der Waals surface area contributed by atoms with E-state index in [2.05, 4.69) is 30.1 Å². The molecule has 0 amide bonds. The molecule has 0 aliphatic rings. The third kappa shape index (κ3) is 2.47. The van der Waals surface area contributed by atoms with Crippen molar-refractivity contribution in [3.63, 3.8) is 0 Å². The molecule has 0 saturated carbocycles. The van der Waals surface area contributed by atoms with Crippen molar-refractivity contribution in [3.8, 4) is 6.01 Å². The molecule has 0 atom stereocenters. The Hall–Kier alpha value is -2.63. The van der Waals surface area contributed by atoms with Crippen molar-refractivity contribution in [2.24, 2.45) is 0 Å². The number of aromatic amines is 2. The molecule has 0 aliphatic carbocycles. The van der Waals surface area contributed by atoms with E-state index in [-0.39, 0.29) is 12.0 Å². The fourth-order valence-corrected chi connectivity index (χ4v) is 2.24. The number of carbonyl (C=O) groups is 1. The quantitative estimate of drug-likeness (QED) is 0.546. The number of hydrogen-bond acceptors (Lipinski definition) is 7. The molecule has 19 heavy (non-hydrogen) atoms. The first-order chi connectivity index (χ1) is 8.94. The predicted octanol–water partition coefficient (Wildman–Crippen LogP) is -0.965. The third-order valence-corrected chi connectivity index (χ3v) is 3.29. The zero-order valence-electron chi connectivity index (χ0n) is 9.41. The van der Waals surface area contributed by atoms with E-state index in [1.165, 1.54) is 7.11 Å². The van der Waals surface area contributed by atoms with E-state index in [1.807, 2.05) is 4.72 Å². The first-order valence-corrected chi connectivity index (χ1v) is 6.18. The molecular weight excluding hydrogens is 280 g/mol. The summed E-state index contributed by atoms with van der Waals surface area (Å²) in [7, 11) is -2.87. The molecule has 0 saturated heterocycles. The average Bonchev–Trinajstić information content (AvgIpc) is 2.95. The van der Waals surface area contributed by atoms with Crippen molar-refractivity contribution in [1.29, 1.82) is 0 Å². The van der Waals surface area contributed by atoms with Gasteiger partial charge in [0.1, 0.15) is 5.56 Å². The smallest absolute Gasteiger partial charge is 0.340 e. The summed E-state index contributed by atoms with van der Waals surface area (Å²) in [5.41, 5.74) is -0.487. The number of anilines is 1. The largest absolute Gasteiger partial charge is 0.478 e. The molecule has 4 N–H and O–H groups in total. The minimum absolute atomic E-state index is 0.0687. The molecule has 0 bridgehead atoms. The Morgan fingerprint density at radius 1 is 1.47 bits per heavy atom. The monoisotopic (exact) mass is 288 g/mol. The van der Waals surface area contributed by atoms with Gasteiger partial charge in [0, 0.05) is 0 Å². The van der Waals surface area contributed by atoms with E-state index in [4.69, 9.17) is 5.11 Å². The highest BCUT2D eigenvalue weighted by Crippen LogP contribution is 2.15. The summed E-state index contributed by atoms with van der Waals surface area (Å²) < 4.78 is 30.5. The Kier molecular flexibility index (Phi) is 3.08. The van der Waals surface area contributed by atoms with Crippen LogP contribution in [0.5, 0.6) is 6.01 Å². The molecule has 0 unspecified atom stereocenters. The zero-order valence-corrected chi connectivity index (χ0v) is 10.2. The van der Waals surface area contributed by atoms with Crippen molar-refractivity contribution in [2.75, 3.05) is 11.8 Å². The van der Waals surface area contributed by atoms with Gasteiger partial charge in [0.2, 0.25) is 5.95 Å². The summed E-state index contributed by atoms with van der Waals surface area (Å²) in [6, 6.07) is -0.0687. The highest BCUT2D eigenvalue weighted by molar-refractivity contribution is 7.92. The van der Waals surface area contributed by atoms with Gasteiger partial charge in [-0.3, -0.25) is 5.10 Å². The van der Waals surface area contributed by atoms with Gasteiger partial charge in [-0.1, -0.05) is 0 Å². The Labute approximate surface area is 106 Å². The summed E-state index contributed by atoms with van der Waals surface area (Å²) in [6.07, 6.45) is 0.887. The van der Waals surface area contributed by atoms with Crippen molar-refractivity contribution >= 4 is 21.9 Å². The molecule has 0 aliphatic heterocycles. The van der Waals surface area contributed by atoms with Crippen molar-refractivity contribution < 1.29 is 23.1 Å². The van der Waals surface area contributed by atoms with Gasteiger partial charge in [-0.2, -0.15) is 18.5 Å². The maximum Gasteiger partial charge on any atom is 0.340 e. The van der Waals surface area contributed by atoms with Crippen LogP contribution in [0.2, 0.25) is 0 Å². The van der Waals surface area contributed by atoms with Gasteiger partial charge >= 0.3 is 12.0 Å². The average molecular weight is 288 g/mol. The highest BCUT2D eigenvalue weighted by Gasteiger charge is 2.26. The van der Waals surface area contributed by atoms with Crippen LogP contribution in [-0.2, 0) is 10.0 Å². The van der Waals surface area contributed by atoms with Gasteiger partial charge in [-0.05, 0) is 0 Å². The lowest BCUT2D eigenvalue weighted by atomic mass is 10.4. The Bertz CT molecular complexity index is 703. The second kappa shape index (κ2) is 4.56. The van der Waals surface area contributed by atoms with Crippen molar-refractivity contribution in [2.45, 2.75) is 5.03 Å². The van der Waals surface area contributed by atoms with Gasteiger partial charge in [0.05, 0.1) is 13.3 Å². The minimum Gasteiger partial charge on any atom is -0.478 e. The second-order valence-corrected chi connectivity index (χ2v) is 4.81. The summed E-state index contributed by atoms with van der Waals surface area (Å²) in [5.74, 6) is -1.65. The maximum absolute atomic E-state index is 11.9. The number of carboxylic acid groups (broad SMARTS) is 1. The molecule has 2 aromatic heterocycles. The summed E-state index contributed by atoms with van der Waals surface area (Å²) >= 11 is 0. The summed E-state index contributed by atoms with van der Waals surface area (Å²) in [5, 5.41) is 19.5. The zero-order chi connectivity index (χ0) is 14.0. The van der Waals surface area contributed by atoms with Gasteiger partial charge < -0.3 is 9.84 Å². The molecule has 11 nitrogen and oxygen atoms in total. The van der Waals surface area contributed by atoms with E-state index in [1.54, 1.807) is 0 Å². The number of rotatable bonds is 5. The van der Waals surface area contributed by atoms with Crippen LogP contribution in [0.25, 0.3) is 0 Å². The van der Waals surface area contributed by atoms with Crippen LogP contribution in [0.15, 0.2) is 11.2 Å². The van der Waals surface area contributed by atoms with Crippen LogP contribution in [0.3, 0.4) is 0 Å². The molecule has 0 spiro atoms. The van der Waals surface area contributed by atoms with E-state index < -0.39 is 26.6 Å². The van der Waals surface area contributed by atoms with Gasteiger partial charge in [-0.15, -0.1) is 5.10 Å². The van der Waals surface area contributed by atoms with Crippen LogP contribution in [0, 0.1) is 0 Å². The summed E-state index contributed by atoms with van der Waals surface area (Å²) in [6.45, 7) is 0. The number of carboxylic acids is 1. The van der Waals surface area contributed by atoms with Gasteiger partial charge in [0.15, 0.2) is 5.03 Å². The second-order valence-electron chi connectivity index (χ2n) is 3.19. The Morgan fingerprint density at radius 2 is 2.21 bits per heavy atom. The van der Waals surface area contributed by atoms with Crippen molar-refractivity contribution in [3.05, 3.63) is 11.8 Å². The van der Waals surface area contributed by atoms with E-state index >= 15 is 0 Å². The maximum atomic E-state index is 11.9. The molecular formula is C7H8N6O5S. The lowest BCUT2D eigenvalue weighted by molar-refractivity contribution is 0.0692. The lowest BCUT2D eigenvalue weighted by Gasteiger charge is -2.02. The van der Waals surface area contributed by atoms with E-state index in [9.17, 15) is 13.2 Å². The molecule has 0 radical (unpaired) electrons. The SMILES string of the molecule is COc1n[nH]c(NS(=O)(=O)c2[nH]ncc2C(=O)O)n1. The number of sulfonamides is 1. The number of nitrogens with zero attached hydrogens (tertiary/aromatic N) is 3. The predicted molar refractivity (Wildman–Crippen MR) is 59.3 cm³/mol. The molecule has 2 heterocycles. The Morgan fingerprint density at radius 3 is 2.79 bits per heavy atom. The molecule has 2 aromatic rings.